The van der Waals surface area contributed by atoms with Gasteiger partial charge in [-0.1, -0.05) is 34.5 Å². The molecule has 0 atom stereocenters. The highest BCUT2D eigenvalue weighted by atomic mass is 35.5. The smallest absolute Gasteiger partial charge is 0.195 e. The van der Waals surface area contributed by atoms with E-state index in [1.165, 1.54) is 11.3 Å². The van der Waals surface area contributed by atoms with Crippen molar-refractivity contribution in [2.45, 2.75) is 13.8 Å². The minimum Gasteiger partial charge on any atom is -0.294 e. The van der Waals surface area contributed by atoms with Crippen LogP contribution in [0.15, 0.2) is 24.4 Å². The Morgan fingerprint density at radius 1 is 1.35 bits per heavy atom. The first-order valence-electron chi connectivity index (χ1n) is 5.92. The second-order valence-electron chi connectivity index (χ2n) is 4.48. The maximum Gasteiger partial charge on any atom is 0.195 e. The van der Waals surface area contributed by atoms with Crippen LogP contribution in [0.3, 0.4) is 0 Å². The summed E-state index contributed by atoms with van der Waals surface area (Å²) in [6.45, 7) is 3.48. The fourth-order valence-corrected chi connectivity index (χ4v) is 3.61. The van der Waals surface area contributed by atoms with Crippen molar-refractivity contribution in [3.05, 3.63) is 45.0 Å². The highest BCUT2D eigenvalue weighted by Gasteiger charge is 2.16. The number of rotatable bonds is 2. The first kappa shape index (κ1) is 13.6. The second kappa shape index (κ2) is 4.88. The van der Waals surface area contributed by atoms with Crippen LogP contribution in [0.25, 0.3) is 16.2 Å². The normalized spacial score (nSPS) is 11.2. The Morgan fingerprint density at radius 2 is 2.10 bits per heavy atom. The van der Waals surface area contributed by atoms with Gasteiger partial charge in [0.15, 0.2) is 10.7 Å². The molecule has 6 heteroatoms. The Balaban J connectivity index is 2.17. The molecule has 0 saturated carbocycles. The molecule has 2 aromatic heterocycles. The quantitative estimate of drug-likeness (QED) is 0.629. The van der Waals surface area contributed by atoms with Gasteiger partial charge < -0.3 is 0 Å². The highest BCUT2D eigenvalue weighted by molar-refractivity contribution is 7.19. The van der Waals surface area contributed by atoms with Crippen molar-refractivity contribution in [3.8, 4) is 11.3 Å². The summed E-state index contributed by atoms with van der Waals surface area (Å²) in [5, 5.41) is 1.16. The number of hydrogen-bond donors (Lipinski definition) is 0. The van der Waals surface area contributed by atoms with Gasteiger partial charge in [0.1, 0.15) is 0 Å². The molecule has 20 heavy (non-hydrogen) atoms. The zero-order chi connectivity index (χ0) is 14.4. The van der Waals surface area contributed by atoms with E-state index in [0.717, 1.165) is 26.8 Å². The molecule has 0 radical (unpaired) electrons. The Kier molecular flexibility index (Phi) is 3.32. The van der Waals surface area contributed by atoms with E-state index < -0.39 is 0 Å². The van der Waals surface area contributed by atoms with Crippen LogP contribution in [0.4, 0.5) is 0 Å². The molecule has 2 heterocycles. The number of carbonyl (C=O) groups is 1. The molecule has 0 amide bonds. The molecule has 102 valence electrons. The Morgan fingerprint density at radius 3 is 2.70 bits per heavy atom. The number of aromatic nitrogens is 2. The van der Waals surface area contributed by atoms with Crippen molar-refractivity contribution in [1.82, 2.24) is 9.38 Å². The topological polar surface area (TPSA) is 34.4 Å². The SMILES string of the molecule is CC(=O)c1sc2nc(-c3ccc(Cl)cc3Cl)cn2c1C. The number of carbonyl (C=O) groups excluding carboxylic acids is 1. The van der Waals surface area contributed by atoms with Crippen LogP contribution in [0.2, 0.25) is 10.0 Å². The largest absolute Gasteiger partial charge is 0.294 e. The van der Waals surface area contributed by atoms with E-state index in [9.17, 15) is 4.79 Å². The summed E-state index contributed by atoms with van der Waals surface area (Å²) in [6, 6.07) is 5.32. The zero-order valence-electron chi connectivity index (χ0n) is 10.8. The molecule has 0 unspecified atom stereocenters. The number of ketones is 1. The minimum absolute atomic E-state index is 0.0593. The van der Waals surface area contributed by atoms with Gasteiger partial charge in [0.05, 0.1) is 15.6 Å². The summed E-state index contributed by atoms with van der Waals surface area (Å²) in [5.74, 6) is 0.0593. The molecule has 0 aliphatic heterocycles. The molecule has 3 rings (SSSR count). The van der Waals surface area contributed by atoms with Gasteiger partial charge in [-0.15, -0.1) is 0 Å². The molecule has 3 nitrogen and oxygen atoms in total. The van der Waals surface area contributed by atoms with Gasteiger partial charge >= 0.3 is 0 Å². The van der Waals surface area contributed by atoms with E-state index in [1.54, 1.807) is 19.1 Å². The summed E-state index contributed by atoms with van der Waals surface area (Å²) >= 11 is 13.5. The van der Waals surface area contributed by atoms with Crippen molar-refractivity contribution >= 4 is 45.3 Å². The maximum atomic E-state index is 11.5. The maximum absolute atomic E-state index is 11.5. The van der Waals surface area contributed by atoms with Crippen LogP contribution in [-0.2, 0) is 0 Å². The molecule has 1 aromatic carbocycles. The van der Waals surface area contributed by atoms with E-state index in [-0.39, 0.29) is 5.78 Å². The third-order valence-electron chi connectivity index (χ3n) is 3.08. The van der Waals surface area contributed by atoms with Gasteiger partial charge in [-0.3, -0.25) is 9.20 Å². The average molecular weight is 325 g/mol. The molecule has 0 aliphatic carbocycles. The number of Topliss-reactive ketones (excluding diaryl/α,β-unsaturated/α-hetero) is 1. The van der Waals surface area contributed by atoms with E-state index in [0.29, 0.717) is 10.0 Å². The Labute approximate surface area is 129 Å². The number of hydrogen-bond acceptors (Lipinski definition) is 3. The lowest BCUT2D eigenvalue weighted by Crippen LogP contribution is -1.92. The summed E-state index contributed by atoms with van der Waals surface area (Å²) < 4.78 is 1.92. The van der Waals surface area contributed by atoms with Gasteiger partial charge in [-0.2, -0.15) is 0 Å². The number of halogens is 2. The van der Waals surface area contributed by atoms with E-state index >= 15 is 0 Å². The summed E-state index contributed by atoms with van der Waals surface area (Å²) in [6.07, 6.45) is 1.89. The predicted octanol–water partition coefficient (Wildman–Crippen LogP) is 4.88. The van der Waals surface area contributed by atoms with Crippen LogP contribution in [0, 0.1) is 6.92 Å². The number of fused-ring (bicyclic) bond motifs is 1. The van der Waals surface area contributed by atoms with Crippen LogP contribution in [0.1, 0.15) is 22.3 Å². The fraction of sp³-hybridized carbons (Fsp3) is 0.143. The van der Waals surface area contributed by atoms with Crippen LogP contribution in [0.5, 0.6) is 0 Å². The molecular weight excluding hydrogens is 315 g/mol. The zero-order valence-corrected chi connectivity index (χ0v) is 13.1. The first-order valence-corrected chi connectivity index (χ1v) is 7.49. The van der Waals surface area contributed by atoms with Gasteiger partial charge in [0, 0.05) is 29.4 Å². The Hall–Kier alpha value is -1.36. The summed E-state index contributed by atoms with van der Waals surface area (Å²) in [5.41, 5.74) is 2.51. The minimum atomic E-state index is 0.0593. The third kappa shape index (κ3) is 2.14. The molecule has 0 N–H and O–H groups in total. The van der Waals surface area contributed by atoms with Gasteiger partial charge in [-0.05, 0) is 25.1 Å². The van der Waals surface area contributed by atoms with Crippen molar-refractivity contribution in [2.24, 2.45) is 0 Å². The van der Waals surface area contributed by atoms with E-state index in [4.69, 9.17) is 23.2 Å². The summed E-state index contributed by atoms with van der Waals surface area (Å²) in [7, 11) is 0. The summed E-state index contributed by atoms with van der Waals surface area (Å²) in [4.78, 5) is 17.6. The van der Waals surface area contributed by atoms with Gasteiger partial charge in [0.25, 0.3) is 0 Å². The number of benzene rings is 1. The van der Waals surface area contributed by atoms with Gasteiger partial charge in [-0.25, -0.2) is 4.98 Å². The third-order valence-corrected chi connectivity index (χ3v) is 4.89. The molecule has 3 aromatic rings. The number of thiazole rings is 1. The van der Waals surface area contributed by atoms with E-state index in [2.05, 4.69) is 4.98 Å². The molecule has 0 aliphatic rings. The van der Waals surface area contributed by atoms with Crippen LogP contribution < -0.4 is 0 Å². The van der Waals surface area contributed by atoms with E-state index in [1.807, 2.05) is 23.6 Å². The number of aryl methyl sites for hydroxylation is 1. The van der Waals surface area contributed by atoms with Crippen molar-refractivity contribution < 1.29 is 4.79 Å². The Bertz CT molecular complexity index is 835. The average Bonchev–Trinajstić information content (AvgIpc) is 2.89. The van der Waals surface area contributed by atoms with Crippen molar-refractivity contribution in [3.63, 3.8) is 0 Å². The second-order valence-corrected chi connectivity index (χ2v) is 6.30. The molecular formula is C14H10Cl2N2OS. The predicted molar refractivity (Wildman–Crippen MR) is 83.3 cm³/mol. The molecule has 0 spiro atoms. The monoisotopic (exact) mass is 324 g/mol. The lowest BCUT2D eigenvalue weighted by atomic mass is 10.2. The molecule has 0 saturated heterocycles. The lowest BCUT2D eigenvalue weighted by Gasteiger charge is -2.00. The lowest BCUT2D eigenvalue weighted by molar-refractivity contribution is 0.102. The standard InChI is InChI=1S/C14H10Cl2N2OS/c1-7-13(8(2)19)20-14-17-12(6-18(7)14)10-4-3-9(15)5-11(10)16/h3-6H,1-2H3. The van der Waals surface area contributed by atoms with Crippen LogP contribution in [-0.4, -0.2) is 15.2 Å². The number of nitrogens with zero attached hydrogens (tertiary/aromatic N) is 2. The molecule has 0 fully saturated rings. The fourth-order valence-electron chi connectivity index (χ4n) is 2.10. The van der Waals surface area contributed by atoms with Crippen molar-refractivity contribution in [2.75, 3.05) is 0 Å². The number of imidazole rings is 1. The van der Waals surface area contributed by atoms with Gasteiger partial charge in [0.2, 0.25) is 0 Å². The van der Waals surface area contributed by atoms with Crippen molar-refractivity contribution in [1.29, 1.82) is 0 Å². The highest BCUT2D eigenvalue weighted by Crippen LogP contribution is 2.32. The first-order chi connectivity index (χ1) is 9.47. The van der Waals surface area contributed by atoms with Crippen LogP contribution >= 0.6 is 34.5 Å². The molecule has 0 bridgehead atoms.